The first-order chi connectivity index (χ1) is 13.6. The third-order valence-corrected chi connectivity index (χ3v) is 5.00. The van der Waals surface area contributed by atoms with Gasteiger partial charge in [-0.05, 0) is 31.2 Å². The zero-order valence-electron chi connectivity index (χ0n) is 15.6. The number of anilines is 1. The highest BCUT2D eigenvalue weighted by atomic mass is 35.5. The van der Waals surface area contributed by atoms with E-state index in [9.17, 15) is 4.79 Å². The number of halogens is 1. The zero-order valence-corrected chi connectivity index (χ0v) is 16.4. The lowest BCUT2D eigenvalue weighted by atomic mass is 9.86. The lowest BCUT2D eigenvalue weighted by Gasteiger charge is -2.26. The van der Waals surface area contributed by atoms with Crippen molar-refractivity contribution in [1.29, 1.82) is 0 Å². The Labute approximate surface area is 168 Å². The molecular weight excluding hydrogens is 378 g/mol. The van der Waals surface area contributed by atoms with Crippen LogP contribution in [0.25, 0.3) is 5.69 Å². The molecule has 1 atom stereocenters. The lowest BCUT2D eigenvalue weighted by molar-refractivity contribution is -0.116. The van der Waals surface area contributed by atoms with E-state index < -0.39 is 0 Å². The van der Waals surface area contributed by atoms with Gasteiger partial charge in [-0.3, -0.25) is 4.79 Å². The van der Waals surface area contributed by atoms with Gasteiger partial charge in [0.2, 0.25) is 5.91 Å². The average molecular weight is 398 g/mol. The first kappa shape index (κ1) is 18.4. The third-order valence-electron chi connectivity index (χ3n) is 4.77. The van der Waals surface area contributed by atoms with E-state index in [0.29, 0.717) is 35.4 Å². The molecule has 0 fully saturated rings. The summed E-state index contributed by atoms with van der Waals surface area (Å²) in [6, 6.07) is 13.1. The van der Waals surface area contributed by atoms with Crippen LogP contribution < -0.4 is 14.8 Å². The molecule has 1 amide bonds. The van der Waals surface area contributed by atoms with Gasteiger partial charge in [0, 0.05) is 28.5 Å². The monoisotopic (exact) mass is 397 g/mol. The highest BCUT2D eigenvalue weighted by molar-refractivity contribution is 6.30. The minimum atomic E-state index is -0.187. The Balaban J connectivity index is 1.84. The fourth-order valence-corrected chi connectivity index (χ4v) is 3.75. The van der Waals surface area contributed by atoms with Crippen LogP contribution in [0.15, 0.2) is 48.7 Å². The van der Waals surface area contributed by atoms with Gasteiger partial charge >= 0.3 is 0 Å². The zero-order chi connectivity index (χ0) is 19.7. The van der Waals surface area contributed by atoms with E-state index in [0.717, 1.165) is 16.8 Å². The Kier molecular flexibility index (Phi) is 4.96. The molecule has 1 aliphatic rings. The van der Waals surface area contributed by atoms with Crippen LogP contribution in [0, 0.1) is 0 Å². The molecule has 144 valence electrons. The Morgan fingerprint density at radius 1 is 1.25 bits per heavy atom. The van der Waals surface area contributed by atoms with Gasteiger partial charge < -0.3 is 14.8 Å². The summed E-state index contributed by atoms with van der Waals surface area (Å²) in [6.45, 7) is 2.42. The number of benzene rings is 2. The molecule has 0 radical (unpaired) electrons. The van der Waals surface area contributed by atoms with Crippen LogP contribution in [-0.2, 0) is 4.79 Å². The first-order valence-electron chi connectivity index (χ1n) is 9.05. The van der Waals surface area contributed by atoms with E-state index in [1.54, 1.807) is 24.1 Å². The number of amides is 1. The number of para-hydroxylation sites is 1. The standard InChI is InChI=1S/C21H20ClN3O3/c1-3-28-20-15(8-5-9-18(20)27-2)16-11-19(26)24-21-17(16)12-23-25(21)14-7-4-6-13(22)10-14/h4-10,12,16H,3,11H2,1-2H3,(H,24,26). The molecule has 0 spiro atoms. The Morgan fingerprint density at radius 2 is 2.07 bits per heavy atom. The van der Waals surface area contributed by atoms with E-state index in [1.165, 1.54) is 0 Å². The van der Waals surface area contributed by atoms with Crippen molar-refractivity contribution in [2.45, 2.75) is 19.3 Å². The van der Waals surface area contributed by atoms with Gasteiger partial charge in [-0.2, -0.15) is 5.10 Å². The normalized spacial score (nSPS) is 15.7. The molecule has 3 aromatic rings. The number of rotatable bonds is 5. The summed E-state index contributed by atoms with van der Waals surface area (Å²) in [5.74, 6) is 1.69. The number of carbonyl (C=O) groups excluding carboxylic acids is 1. The summed E-state index contributed by atoms with van der Waals surface area (Å²) < 4.78 is 13.0. The molecule has 1 N–H and O–H groups in total. The molecule has 7 heteroatoms. The molecule has 2 heterocycles. The van der Waals surface area contributed by atoms with Crippen molar-refractivity contribution in [3.8, 4) is 17.2 Å². The Hall–Kier alpha value is -2.99. The summed E-state index contributed by atoms with van der Waals surface area (Å²) >= 11 is 6.13. The van der Waals surface area contributed by atoms with Crippen molar-refractivity contribution in [1.82, 2.24) is 9.78 Å². The molecule has 2 aromatic carbocycles. The third kappa shape index (κ3) is 3.20. The predicted octanol–water partition coefficient (Wildman–Crippen LogP) is 4.41. The van der Waals surface area contributed by atoms with Crippen LogP contribution in [0.2, 0.25) is 5.02 Å². The second-order valence-electron chi connectivity index (χ2n) is 6.46. The number of fused-ring (bicyclic) bond motifs is 1. The number of methoxy groups -OCH3 is 1. The molecular formula is C21H20ClN3O3. The largest absolute Gasteiger partial charge is 0.493 e. The molecule has 28 heavy (non-hydrogen) atoms. The number of ether oxygens (including phenoxy) is 2. The summed E-state index contributed by atoms with van der Waals surface area (Å²) in [7, 11) is 1.61. The minimum absolute atomic E-state index is 0.0773. The quantitative estimate of drug-likeness (QED) is 0.692. The number of hydrogen-bond acceptors (Lipinski definition) is 4. The van der Waals surface area contributed by atoms with E-state index in [-0.39, 0.29) is 11.8 Å². The van der Waals surface area contributed by atoms with Crippen molar-refractivity contribution >= 4 is 23.3 Å². The average Bonchev–Trinajstić information content (AvgIpc) is 3.11. The second kappa shape index (κ2) is 7.56. The van der Waals surface area contributed by atoms with Gasteiger partial charge in [-0.15, -0.1) is 0 Å². The molecule has 6 nitrogen and oxygen atoms in total. The number of nitrogens with zero attached hydrogens (tertiary/aromatic N) is 2. The maximum Gasteiger partial charge on any atom is 0.226 e. The van der Waals surface area contributed by atoms with Crippen LogP contribution in [0.4, 0.5) is 5.82 Å². The maximum atomic E-state index is 12.5. The maximum absolute atomic E-state index is 12.5. The molecule has 0 bridgehead atoms. The van der Waals surface area contributed by atoms with Crippen molar-refractivity contribution in [2.24, 2.45) is 0 Å². The fourth-order valence-electron chi connectivity index (χ4n) is 3.57. The molecule has 1 aliphatic heterocycles. The summed E-state index contributed by atoms with van der Waals surface area (Å²) in [5.41, 5.74) is 2.61. The second-order valence-corrected chi connectivity index (χ2v) is 6.89. The molecule has 4 rings (SSSR count). The topological polar surface area (TPSA) is 65.4 Å². The van der Waals surface area contributed by atoms with Crippen molar-refractivity contribution in [3.63, 3.8) is 0 Å². The molecule has 0 aliphatic carbocycles. The van der Waals surface area contributed by atoms with E-state index in [4.69, 9.17) is 21.1 Å². The number of hydrogen-bond donors (Lipinski definition) is 1. The van der Waals surface area contributed by atoms with Gasteiger partial charge in [0.05, 0.1) is 25.6 Å². The van der Waals surface area contributed by atoms with E-state index in [2.05, 4.69) is 10.4 Å². The highest BCUT2D eigenvalue weighted by Crippen LogP contribution is 2.44. The van der Waals surface area contributed by atoms with Gasteiger partial charge in [-0.1, -0.05) is 29.8 Å². The molecule has 1 aromatic heterocycles. The molecule has 0 saturated heterocycles. The molecule has 1 unspecified atom stereocenters. The fraction of sp³-hybridized carbons (Fsp3) is 0.238. The predicted molar refractivity (Wildman–Crippen MR) is 108 cm³/mol. The van der Waals surface area contributed by atoms with E-state index in [1.807, 2.05) is 43.3 Å². The van der Waals surface area contributed by atoms with Gasteiger partial charge in [0.15, 0.2) is 11.5 Å². The van der Waals surface area contributed by atoms with Crippen molar-refractivity contribution in [2.75, 3.05) is 19.0 Å². The van der Waals surface area contributed by atoms with Crippen molar-refractivity contribution in [3.05, 3.63) is 64.8 Å². The Bertz CT molecular complexity index is 1030. The summed E-state index contributed by atoms with van der Waals surface area (Å²) in [5, 5.41) is 8.07. The SMILES string of the molecule is CCOc1c(OC)cccc1C1CC(=O)Nc2c1cnn2-c1cccc(Cl)c1. The number of aromatic nitrogens is 2. The van der Waals surface area contributed by atoms with Crippen molar-refractivity contribution < 1.29 is 14.3 Å². The Morgan fingerprint density at radius 3 is 2.82 bits per heavy atom. The number of nitrogens with one attached hydrogen (secondary N) is 1. The van der Waals surface area contributed by atoms with Crippen LogP contribution in [0.5, 0.6) is 11.5 Å². The van der Waals surface area contributed by atoms with Crippen LogP contribution in [0.1, 0.15) is 30.4 Å². The lowest BCUT2D eigenvalue weighted by Crippen LogP contribution is -2.25. The van der Waals surface area contributed by atoms with Crippen LogP contribution in [-0.4, -0.2) is 29.4 Å². The van der Waals surface area contributed by atoms with Gasteiger partial charge in [0.25, 0.3) is 0 Å². The summed E-state index contributed by atoms with van der Waals surface area (Å²) in [6.07, 6.45) is 2.09. The summed E-state index contributed by atoms with van der Waals surface area (Å²) in [4.78, 5) is 12.5. The highest BCUT2D eigenvalue weighted by Gasteiger charge is 2.33. The van der Waals surface area contributed by atoms with Crippen LogP contribution >= 0.6 is 11.6 Å². The van der Waals surface area contributed by atoms with Crippen LogP contribution in [0.3, 0.4) is 0 Å². The smallest absolute Gasteiger partial charge is 0.226 e. The first-order valence-corrected chi connectivity index (χ1v) is 9.43. The van der Waals surface area contributed by atoms with Gasteiger partial charge in [-0.25, -0.2) is 4.68 Å². The number of carbonyl (C=O) groups is 1. The molecule has 0 saturated carbocycles. The minimum Gasteiger partial charge on any atom is -0.493 e. The van der Waals surface area contributed by atoms with E-state index >= 15 is 0 Å². The van der Waals surface area contributed by atoms with Gasteiger partial charge in [0.1, 0.15) is 5.82 Å².